The van der Waals surface area contributed by atoms with Crippen molar-refractivity contribution in [3.8, 4) is 0 Å². The number of amides is 1. The smallest absolute Gasteiger partial charge is 0.320 e. The minimum Gasteiger partial charge on any atom is -0.480 e. The second-order valence-corrected chi connectivity index (χ2v) is 6.36. The third kappa shape index (κ3) is 5.30. The summed E-state index contributed by atoms with van der Waals surface area (Å²) in [6.45, 7) is 9.41. The molecule has 1 aliphatic heterocycles. The zero-order valence-corrected chi connectivity index (χ0v) is 13.8. The summed E-state index contributed by atoms with van der Waals surface area (Å²) in [4.78, 5) is 24.8. The van der Waals surface area contributed by atoms with Crippen LogP contribution in [0.3, 0.4) is 0 Å². The van der Waals surface area contributed by atoms with E-state index < -0.39 is 5.97 Å². The molecule has 1 amide bonds. The summed E-state index contributed by atoms with van der Waals surface area (Å²) >= 11 is 0. The molecular weight excluding hydrogens is 268 g/mol. The van der Waals surface area contributed by atoms with Crippen LogP contribution in [0, 0.1) is 11.8 Å². The Bertz CT molecular complexity index is 359. The van der Waals surface area contributed by atoms with Crippen LogP contribution in [0.1, 0.15) is 53.4 Å². The molecule has 1 aliphatic rings. The third-order valence-corrected chi connectivity index (χ3v) is 4.62. The Hall–Kier alpha value is -1.10. The Labute approximate surface area is 128 Å². The van der Waals surface area contributed by atoms with Crippen molar-refractivity contribution < 1.29 is 14.7 Å². The minimum atomic E-state index is -0.714. The molecule has 5 nitrogen and oxygen atoms in total. The Morgan fingerprint density at radius 1 is 1.38 bits per heavy atom. The fourth-order valence-electron chi connectivity index (χ4n) is 3.36. The van der Waals surface area contributed by atoms with E-state index in [4.69, 9.17) is 0 Å². The van der Waals surface area contributed by atoms with E-state index in [9.17, 15) is 14.7 Å². The molecule has 2 N–H and O–H groups in total. The first kappa shape index (κ1) is 18.0. The molecule has 1 rings (SSSR count). The van der Waals surface area contributed by atoms with Crippen LogP contribution in [-0.4, -0.2) is 47.1 Å². The first-order valence-corrected chi connectivity index (χ1v) is 8.12. The van der Waals surface area contributed by atoms with Crippen LogP contribution in [0.4, 0.5) is 0 Å². The molecule has 0 aromatic heterocycles. The summed E-state index contributed by atoms with van der Waals surface area (Å²) in [7, 11) is 0. The van der Waals surface area contributed by atoms with E-state index in [1.54, 1.807) is 0 Å². The zero-order chi connectivity index (χ0) is 16.0. The van der Waals surface area contributed by atoms with Crippen LogP contribution in [0.5, 0.6) is 0 Å². The van der Waals surface area contributed by atoms with Crippen molar-refractivity contribution in [2.24, 2.45) is 11.8 Å². The standard InChI is InChI=1S/C16H30N2O3/c1-5-7-14(11(3)17-12(4)19)10-18-9-13(6-2)8-15(18)16(20)21/h11,13-15H,5-10H2,1-4H3,(H,17,19)(H,20,21)/t11?,13-,14?,15+/m0/s1. The molecular formula is C16H30N2O3. The lowest BCUT2D eigenvalue weighted by Gasteiger charge is -2.31. The molecule has 0 saturated carbocycles. The number of aliphatic carboxylic acids is 1. The SMILES string of the molecule is CCCC(CN1C[C@@H](CC)C[C@@H]1C(=O)O)C(C)NC(C)=O. The number of nitrogens with one attached hydrogen (secondary N) is 1. The maximum absolute atomic E-state index is 11.4. The van der Waals surface area contributed by atoms with Crippen molar-refractivity contribution in [1.82, 2.24) is 10.2 Å². The lowest BCUT2D eigenvalue weighted by Crippen LogP contribution is -2.45. The molecule has 2 unspecified atom stereocenters. The fraction of sp³-hybridized carbons (Fsp3) is 0.875. The van der Waals surface area contributed by atoms with Gasteiger partial charge in [-0.25, -0.2) is 0 Å². The summed E-state index contributed by atoms with van der Waals surface area (Å²) in [6.07, 6.45) is 3.82. The van der Waals surface area contributed by atoms with Crippen molar-refractivity contribution >= 4 is 11.9 Å². The van der Waals surface area contributed by atoms with Gasteiger partial charge in [-0.05, 0) is 31.6 Å². The summed E-state index contributed by atoms with van der Waals surface area (Å²) in [5.74, 6) is 0.0421. The van der Waals surface area contributed by atoms with E-state index >= 15 is 0 Å². The molecule has 4 atom stereocenters. The number of hydrogen-bond acceptors (Lipinski definition) is 3. The Balaban J connectivity index is 2.71. The topological polar surface area (TPSA) is 69.6 Å². The lowest BCUT2D eigenvalue weighted by atomic mass is 9.95. The van der Waals surface area contributed by atoms with E-state index in [0.717, 1.165) is 38.8 Å². The predicted octanol–water partition coefficient (Wildman–Crippen LogP) is 2.11. The second kappa shape index (κ2) is 8.37. The summed E-state index contributed by atoms with van der Waals surface area (Å²) in [5, 5.41) is 12.4. The van der Waals surface area contributed by atoms with Crippen molar-refractivity contribution in [3.63, 3.8) is 0 Å². The summed E-state index contributed by atoms with van der Waals surface area (Å²) in [5.41, 5.74) is 0. The Morgan fingerprint density at radius 3 is 2.52 bits per heavy atom. The predicted molar refractivity (Wildman–Crippen MR) is 83.1 cm³/mol. The second-order valence-electron chi connectivity index (χ2n) is 6.36. The number of nitrogens with zero attached hydrogens (tertiary/aromatic N) is 1. The van der Waals surface area contributed by atoms with Crippen LogP contribution in [-0.2, 0) is 9.59 Å². The number of hydrogen-bond donors (Lipinski definition) is 2. The molecule has 122 valence electrons. The quantitative estimate of drug-likeness (QED) is 0.720. The number of likely N-dealkylation sites (tertiary alicyclic amines) is 1. The van der Waals surface area contributed by atoms with E-state index in [2.05, 4.69) is 24.1 Å². The summed E-state index contributed by atoms with van der Waals surface area (Å²) in [6, 6.07) is -0.281. The van der Waals surface area contributed by atoms with Gasteiger partial charge in [-0.15, -0.1) is 0 Å². The van der Waals surface area contributed by atoms with E-state index in [1.165, 1.54) is 6.92 Å². The highest BCUT2D eigenvalue weighted by Crippen LogP contribution is 2.28. The molecule has 0 spiro atoms. The highest BCUT2D eigenvalue weighted by molar-refractivity contribution is 5.74. The van der Waals surface area contributed by atoms with Gasteiger partial charge in [0, 0.05) is 26.1 Å². The van der Waals surface area contributed by atoms with Crippen LogP contribution >= 0.6 is 0 Å². The minimum absolute atomic E-state index is 0.0220. The average molecular weight is 298 g/mol. The van der Waals surface area contributed by atoms with Gasteiger partial charge in [0.25, 0.3) is 0 Å². The van der Waals surface area contributed by atoms with Gasteiger partial charge in [0.05, 0.1) is 0 Å². The zero-order valence-electron chi connectivity index (χ0n) is 13.8. The molecule has 0 aromatic carbocycles. The van der Waals surface area contributed by atoms with Gasteiger partial charge >= 0.3 is 5.97 Å². The van der Waals surface area contributed by atoms with Gasteiger partial charge in [0.15, 0.2) is 0 Å². The van der Waals surface area contributed by atoms with E-state index in [0.29, 0.717) is 11.8 Å². The first-order chi connectivity index (χ1) is 9.88. The molecule has 0 aliphatic carbocycles. The van der Waals surface area contributed by atoms with Crippen LogP contribution in [0.2, 0.25) is 0 Å². The first-order valence-electron chi connectivity index (χ1n) is 8.12. The molecule has 1 heterocycles. The summed E-state index contributed by atoms with van der Waals surface area (Å²) < 4.78 is 0. The van der Waals surface area contributed by atoms with Gasteiger partial charge in [-0.1, -0.05) is 26.7 Å². The third-order valence-electron chi connectivity index (χ3n) is 4.62. The Morgan fingerprint density at radius 2 is 2.05 bits per heavy atom. The largest absolute Gasteiger partial charge is 0.480 e. The van der Waals surface area contributed by atoms with Gasteiger partial charge in [-0.2, -0.15) is 0 Å². The van der Waals surface area contributed by atoms with E-state index in [-0.39, 0.29) is 18.0 Å². The van der Waals surface area contributed by atoms with Crippen molar-refractivity contribution in [2.75, 3.05) is 13.1 Å². The van der Waals surface area contributed by atoms with Crippen LogP contribution in [0.25, 0.3) is 0 Å². The number of carbonyl (C=O) groups excluding carboxylic acids is 1. The number of carboxylic acid groups (broad SMARTS) is 1. The molecule has 5 heteroatoms. The molecule has 1 saturated heterocycles. The highest BCUT2D eigenvalue weighted by Gasteiger charge is 2.37. The van der Waals surface area contributed by atoms with Crippen molar-refractivity contribution in [1.29, 1.82) is 0 Å². The average Bonchev–Trinajstić information content (AvgIpc) is 2.80. The van der Waals surface area contributed by atoms with Gasteiger partial charge in [-0.3, -0.25) is 14.5 Å². The molecule has 0 aromatic rings. The van der Waals surface area contributed by atoms with Gasteiger partial charge < -0.3 is 10.4 Å². The normalized spacial score (nSPS) is 25.5. The van der Waals surface area contributed by atoms with Crippen molar-refractivity contribution in [2.45, 2.75) is 65.5 Å². The lowest BCUT2D eigenvalue weighted by molar-refractivity contribution is -0.142. The van der Waals surface area contributed by atoms with E-state index in [1.807, 2.05) is 6.92 Å². The number of rotatable bonds is 8. The van der Waals surface area contributed by atoms with Crippen LogP contribution < -0.4 is 5.32 Å². The monoisotopic (exact) mass is 298 g/mol. The molecule has 0 radical (unpaired) electrons. The molecule has 21 heavy (non-hydrogen) atoms. The maximum atomic E-state index is 11.4. The highest BCUT2D eigenvalue weighted by atomic mass is 16.4. The van der Waals surface area contributed by atoms with Gasteiger partial charge in [0.2, 0.25) is 5.91 Å². The number of carboxylic acids is 1. The van der Waals surface area contributed by atoms with Crippen LogP contribution in [0.15, 0.2) is 0 Å². The molecule has 1 fully saturated rings. The Kier molecular flexibility index (Phi) is 7.15. The molecule has 0 bridgehead atoms. The van der Waals surface area contributed by atoms with Gasteiger partial charge in [0.1, 0.15) is 6.04 Å². The van der Waals surface area contributed by atoms with Crippen molar-refractivity contribution in [3.05, 3.63) is 0 Å². The maximum Gasteiger partial charge on any atom is 0.320 e. The number of carbonyl (C=O) groups is 2. The fourth-order valence-corrected chi connectivity index (χ4v) is 3.36.